The van der Waals surface area contributed by atoms with E-state index in [9.17, 15) is 9.59 Å². The van der Waals surface area contributed by atoms with Crippen LogP contribution in [-0.2, 0) is 9.47 Å². The van der Waals surface area contributed by atoms with Crippen LogP contribution in [0.3, 0.4) is 0 Å². The van der Waals surface area contributed by atoms with Crippen molar-refractivity contribution in [1.82, 2.24) is 0 Å². The van der Waals surface area contributed by atoms with Crippen molar-refractivity contribution in [2.75, 3.05) is 6.61 Å². The highest BCUT2D eigenvalue weighted by molar-refractivity contribution is 6.03. The van der Waals surface area contributed by atoms with Crippen LogP contribution >= 0.6 is 0 Å². The highest BCUT2D eigenvalue weighted by Gasteiger charge is 2.20. The maximum Gasteiger partial charge on any atom is 0.339 e. The van der Waals surface area contributed by atoms with Crippen molar-refractivity contribution in [3.05, 3.63) is 35.4 Å². The molecule has 0 aliphatic rings. The second kappa shape index (κ2) is 13.3. The molecule has 1 atom stereocenters. The smallest absolute Gasteiger partial charge is 0.339 e. The van der Waals surface area contributed by atoms with E-state index in [1.807, 2.05) is 6.92 Å². The molecule has 4 heteroatoms. The van der Waals surface area contributed by atoms with Gasteiger partial charge in [-0.25, -0.2) is 9.59 Å². The largest absolute Gasteiger partial charge is 0.462 e. The SMILES string of the molecule is CCCCCCCOC(=O)c1ccccc1C(=O)OC(C)CCCC(C)C. The Bertz CT molecular complexity index is 565. The minimum Gasteiger partial charge on any atom is -0.462 e. The molecule has 0 saturated heterocycles. The lowest BCUT2D eigenvalue weighted by molar-refractivity contribution is 0.0306. The lowest BCUT2D eigenvalue weighted by Gasteiger charge is -2.15. The molecule has 0 aliphatic heterocycles. The fraction of sp³-hybridized carbons (Fsp3) is 0.652. The summed E-state index contributed by atoms with van der Waals surface area (Å²) in [7, 11) is 0. The monoisotopic (exact) mass is 376 g/mol. The zero-order valence-electron chi connectivity index (χ0n) is 17.5. The van der Waals surface area contributed by atoms with E-state index in [0.717, 1.165) is 38.5 Å². The lowest BCUT2D eigenvalue weighted by atomic mass is 10.0. The van der Waals surface area contributed by atoms with Gasteiger partial charge in [0, 0.05) is 0 Å². The molecule has 1 unspecified atom stereocenters. The summed E-state index contributed by atoms with van der Waals surface area (Å²) in [5.41, 5.74) is 0.564. The molecular weight excluding hydrogens is 340 g/mol. The Morgan fingerprint density at radius 2 is 1.48 bits per heavy atom. The third-order valence-corrected chi connectivity index (χ3v) is 4.55. The topological polar surface area (TPSA) is 52.6 Å². The number of unbranched alkanes of at least 4 members (excludes halogenated alkanes) is 4. The van der Waals surface area contributed by atoms with Crippen LogP contribution in [-0.4, -0.2) is 24.6 Å². The van der Waals surface area contributed by atoms with Crippen LogP contribution in [0.1, 0.15) is 99.8 Å². The summed E-state index contributed by atoms with van der Waals surface area (Å²) in [6.45, 7) is 8.82. The van der Waals surface area contributed by atoms with Crippen LogP contribution in [0.15, 0.2) is 24.3 Å². The van der Waals surface area contributed by atoms with Gasteiger partial charge in [-0.3, -0.25) is 0 Å². The van der Waals surface area contributed by atoms with Gasteiger partial charge in [0.2, 0.25) is 0 Å². The Morgan fingerprint density at radius 3 is 2.11 bits per heavy atom. The van der Waals surface area contributed by atoms with Crippen molar-refractivity contribution in [3.63, 3.8) is 0 Å². The second-order valence-corrected chi connectivity index (χ2v) is 7.64. The number of carbonyl (C=O) groups is 2. The second-order valence-electron chi connectivity index (χ2n) is 7.64. The first-order valence-corrected chi connectivity index (χ1v) is 10.4. The fourth-order valence-electron chi connectivity index (χ4n) is 2.91. The summed E-state index contributed by atoms with van der Waals surface area (Å²) in [6.07, 6.45) is 8.25. The van der Waals surface area contributed by atoms with Gasteiger partial charge in [-0.2, -0.15) is 0 Å². The van der Waals surface area contributed by atoms with Crippen molar-refractivity contribution >= 4 is 11.9 Å². The predicted molar refractivity (Wildman–Crippen MR) is 109 cm³/mol. The van der Waals surface area contributed by atoms with Gasteiger partial charge in [0.1, 0.15) is 0 Å². The van der Waals surface area contributed by atoms with Crippen molar-refractivity contribution in [2.24, 2.45) is 5.92 Å². The first-order chi connectivity index (χ1) is 13.0. The molecule has 0 N–H and O–H groups in total. The van der Waals surface area contributed by atoms with Crippen LogP contribution < -0.4 is 0 Å². The molecule has 1 aromatic rings. The molecule has 0 amide bonds. The van der Waals surface area contributed by atoms with Crippen molar-refractivity contribution in [2.45, 2.75) is 85.2 Å². The van der Waals surface area contributed by atoms with E-state index in [1.54, 1.807) is 24.3 Å². The Kier molecular flexibility index (Phi) is 11.5. The number of benzene rings is 1. The molecular formula is C23H36O4. The van der Waals surface area contributed by atoms with E-state index in [1.165, 1.54) is 12.8 Å². The number of hydrogen-bond acceptors (Lipinski definition) is 4. The Balaban J connectivity index is 2.53. The molecule has 0 aliphatic carbocycles. The summed E-state index contributed by atoms with van der Waals surface area (Å²) in [5, 5.41) is 0. The quantitative estimate of drug-likeness (QED) is 0.304. The third-order valence-electron chi connectivity index (χ3n) is 4.55. The fourth-order valence-corrected chi connectivity index (χ4v) is 2.91. The van der Waals surface area contributed by atoms with E-state index < -0.39 is 11.9 Å². The minimum atomic E-state index is -0.456. The summed E-state index contributed by atoms with van der Waals surface area (Å²) >= 11 is 0. The highest BCUT2D eigenvalue weighted by atomic mass is 16.5. The first-order valence-electron chi connectivity index (χ1n) is 10.4. The average Bonchev–Trinajstić information content (AvgIpc) is 2.64. The summed E-state index contributed by atoms with van der Waals surface area (Å²) < 4.78 is 10.9. The third kappa shape index (κ3) is 9.60. The molecule has 0 bridgehead atoms. The molecule has 27 heavy (non-hydrogen) atoms. The average molecular weight is 377 g/mol. The Hall–Kier alpha value is -1.84. The predicted octanol–water partition coefficient (Wildman–Crippen LogP) is 6.19. The number of carbonyl (C=O) groups excluding carboxylic acids is 2. The molecule has 0 heterocycles. The van der Waals surface area contributed by atoms with Gasteiger partial charge in [-0.15, -0.1) is 0 Å². The van der Waals surface area contributed by atoms with Crippen LogP contribution in [0.25, 0.3) is 0 Å². The van der Waals surface area contributed by atoms with Crippen LogP contribution in [0.5, 0.6) is 0 Å². The van der Waals surface area contributed by atoms with Gasteiger partial charge in [0.25, 0.3) is 0 Å². The van der Waals surface area contributed by atoms with Crippen LogP contribution in [0, 0.1) is 5.92 Å². The molecule has 0 radical (unpaired) electrons. The molecule has 4 nitrogen and oxygen atoms in total. The van der Waals surface area contributed by atoms with E-state index in [-0.39, 0.29) is 17.2 Å². The molecule has 0 saturated carbocycles. The zero-order valence-corrected chi connectivity index (χ0v) is 17.5. The summed E-state index contributed by atoms with van der Waals surface area (Å²) in [5.74, 6) is -0.265. The highest BCUT2D eigenvalue weighted by Crippen LogP contribution is 2.16. The van der Waals surface area contributed by atoms with Gasteiger partial charge < -0.3 is 9.47 Å². The standard InChI is InChI=1S/C23H36O4/c1-5-6-7-8-11-17-26-22(24)20-15-9-10-16-21(20)23(25)27-19(4)14-12-13-18(2)3/h9-10,15-16,18-19H,5-8,11-14,17H2,1-4H3. The molecule has 152 valence electrons. The maximum atomic E-state index is 12.5. The zero-order chi connectivity index (χ0) is 20.1. The van der Waals surface area contributed by atoms with Gasteiger partial charge in [-0.1, -0.05) is 65.0 Å². The van der Waals surface area contributed by atoms with E-state index in [2.05, 4.69) is 20.8 Å². The molecule has 0 fully saturated rings. The molecule has 1 aromatic carbocycles. The van der Waals surface area contributed by atoms with E-state index in [4.69, 9.17) is 9.47 Å². The number of esters is 2. The van der Waals surface area contributed by atoms with E-state index >= 15 is 0 Å². The van der Waals surface area contributed by atoms with Gasteiger partial charge >= 0.3 is 11.9 Å². The van der Waals surface area contributed by atoms with Crippen molar-refractivity contribution in [3.8, 4) is 0 Å². The summed E-state index contributed by atoms with van der Waals surface area (Å²) in [6, 6.07) is 6.72. The van der Waals surface area contributed by atoms with Crippen molar-refractivity contribution < 1.29 is 19.1 Å². The Morgan fingerprint density at radius 1 is 0.852 bits per heavy atom. The Labute approximate surface area is 164 Å². The van der Waals surface area contributed by atoms with Crippen molar-refractivity contribution in [1.29, 1.82) is 0 Å². The number of ether oxygens (including phenoxy) is 2. The molecule has 0 aromatic heterocycles. The molecule has 1 rings (SSSR count). The van der Waals surface area contributed by atoms with Crippen LogP contribution in [0.2, 0.25) is 0 Å². The summed E-state index contributed by atoms with van der Waals surface area (Å²) in [4.78, 5) is 24.9. The van der Waals surface area contributed by atoms with Gasteiger partial charge in [0.15, 0.2) is 0 Å². The lowest BCUT2D eigenvalue weighted by Crippen LogP contribution is -2.19. The van der Waals surface area contributed by atoms with Crippen LogP contribution in [0.4, 0.5) is 0 Å². The van der Waals surface area contributed by atoms with Gasteiger partial charge in [0.05, 0.1) is 23.8 Å². The number of rotatable bonds is 13. The maximum absolute atomic E-state index is 12.5. The molecule has 0 spiro atoms. The normalized spacial score (nSPS) is 12.0. The van der Waals surface area contributed by atoms with E-state index in [0.29, 0.717) is 12.5 Å². The first kappa shape index (κ1) is 23.2. The number of hydrogen-bond donors (Lipinski definition) is 0. The minimum absolute atomic E-state index is 0.168. The van der Waals surface area contributed by atoms with Gasteiger partial charge in [-0.05, 0) is 44.2 Å².